The van der Waals surface area contributed by atoms with Gasteiger partial charge < -0.3 is 25.4 Å². The zero-order valence-corrected chi connectivity index (χ0v) is 20.1. The summed E-state index contributed by atoms with van der Waals surface area (Å²) in [5.74, 6) is -0.531. The van der Waals surface area contributed by atoms with E-state index in [0.717, 1.165) is 17.4 Å². The molecule has 0 radical (unpaired) electrons. The molecule has 0 aliphatic heterocycles. The Bertz CT molecular complexity index is 1260. The van der Waals surface area contributed by atoms with E-state index in [1.54, 1.807) is 24.3 Å². The second-order valence-electron chi connectivity index (χ2n) is 8.19. The number of anilines is 1. The molecule has 10 heteroatoms. The summed E-state index contributed by atoms with van der Waals surface area (Å²) in [7, 11) is -3.57. The molecule has 0 fully saturated rings. The van der Waals surface area contributed by atoms with Crippen molar-refractivity contribution < 1.29 is 33.3 Å². The van der Waals surface area contributed by atoms with Crippen LogP contribution in [0.4, 0.5) is 5.69 Å². The average Bonchev–Trinajstić information content (AvgIpc) is 2.82. The molecule has 186 valence electrons. The van der Waals surface area contributed by atoms with Gasteiger partial charge in [0.15, 0.2) is 0 Å². The second kappa shape index (κ2) is 11.2. The van der Waals surface area contributed by atoms with Crippen LogP contribution >= 0.6 is 0 Å². The number of hydrogen-bond donors (Lipinski definition) is 5. The number of benzene rings is 3. The lowest BCUT2D eigenvalue weighted by Crippen LogP contribution is -2.34. The molecular formula is C25H28N2O7S. The second-order valence-corrected chi connectivity index (χ2v) is 9.94. The molecule has 35 heavy (non-hydrogen) atoms. The van der Waals surface area contributed by atoms with Gasteiger partial charge in [-0.1, -0.05) is 30.3 Å². The smallest absolute Gasteiger partial charge is 0.335 e. The van der Waals surface area contributed by atoms with Gasteiger partial charge in [-0.2, -0.15) is 0 Å². The van der Waals surface area contributed by atoms with Crippen molar-refractivity contribution in [2.24, 2.45) is 0 Å². The van der Waals surface area contributed by atoms with Crippen molar-refractivity contribution in [2.75, 3.05) is 24.1 Å². The number of aliphatic hydroxyl groups excluding tert-OH is 1. The van der Waals surface area contributed by atoms with E-state index in [0.29, 0.717) is 17.9 Å². The van der Waals surface area contributed by atoms with E-state index >= 15 is 0 Å². The summed E-state index contributed by atoms with van der Waals surface area (Å²) >= 11 is 0. The standard InChI is InChI=1S/C25H28N2O7S/c1-16(26-14-24(29)20-9-12-23(28)22(13-20)27-35(2,32)33)15-34-21-10-7-18(8-11-21)17-3-5-19(6-4-17)25(30)31/h3-13,16,24,26-29H,14-15H2,1-2H3,(H,30,31)/t16-,24+/m1/s1. The third kappa shape index (κ3) is 7.71. The van der Waals surface area contributed by atoms with E-state index in [2.05, 4.69) is 10.0 Å². The molecule has 0 bridgehead atoms. The summed E-state index contributed by atoms with van der Waals surface area (Å²) < 4.78 is 30.9. The fourth-order valence-corrected chi connectivity index (χ4v) is 3.87. The van der Waals surface area contributed by atoms with Crippen LogP contribution in [0.25, 0.3) is 11.1 Å². The Balaban J connectivity index is 1.50. The lowest BCUT2D eigenvalue weighted by Gasteiger charge is -2.19. The molecule has 0 spiro atoms. The van der Waals surface area contributed by atoms with Crippen LogP contribution in [0.1, 0.15) is 28.9 Å². The van der Waals surface area contributed by atoms with Crippen molar-refractivity contribution in [1.82, 2.24) is 5.32 Å². The van der Waals surface area contributed by atoms with E-state index in [1.165, 1.54) is 18.2 Å². The Kier molecular flexibility index (Phi) is 8.34. The van der Waals surface area contributed by atoms with Gasteiger partial charge in [0.05, 0.1) is 23.6 Å². The van der Waals surface area contributed by atoms with E-state index in [9.17, 15) is 23.4 Å². The number of ether oxygens (including phenoxy) is 1. The lowest BCUT2D eigenvalue weighted by atomic mass is 10.0. The maximum absolute atomic E-state index is 11.4. The zero-order chi connectivity index (χ0) is 25.6. The third-order valence-electron chi connectivity index (χ3n) is 5.18. The van der Waals surface area contributed by atoms with Crippen LogP contribution in [0.2, 0.25) is 0 Å². The number of hydrogen-bond acceptors (Lipinski definition) is 7. The van der Waals surface area contributed by atoms with Gasteiger partial charge in [-0.15, -0.1) is 0 Å². The highest BCUT2D eigenvalue weighted by Crippen LogP contribution is 2.28. The van der Waals surface area contributed by atoms with Gasteiger partial charge in [-0.3, -0.25) is 4.72 Å². The minimum absolute atomic E-state index is 0.00158. The van der Waals surface area contributed by atoms with Gasteiger partial charge in [0.2, 0.25) is 10.0 Å². The number of phenols is 1. The Labute approximate surface area is 204 Å². The van der Waals surface area contributed by atoms with Gasteiger partial charge in [0.25, 0.3) is 0 Å². The molecule has 3 aromatic carbocycles. The zero-order valence-electron chi connectivity index (χ0n) is 19.3. The van der Waals surface area contributed by atoms with Crippen LogP contribution in [0.5, 0.6) is 11.5 Å². The predicted octanol–water partition coefficient (Wildman–Crippen LogP) is 3.22. The maximum atomic E-state index is 11.4. The molecule has 5 N–H and O–H groups in total. The van der Waals surface area contributed by atoms with Crippen molar-refractivity contribution >= 4 is 21.7 Å². The van der Waals surface area contributed by atoms with Gasteiger partial charge in [0, 0.05) is 12.6 Å². The van der Waals surface area contributed by atoms with Crippen LogP contribution in [0.3, 0.4) is 0 Å². The van der Waals surface area contributed by atoms with Crippen molar-refractivity contribution in [3.63, 3.8) is 0 Å². The Morgan fingerprint density at radius 2 is 1.60 bits per heavy atom. The molecule has 3 aromatic rings. The van der Waals surface area contributed by atoms with Crippen LogP contribution in [0.15, 0.2) is 66.7 Å². The van der Waals surface area contributed by atoms with Gasteiger partial charge in [-0.05, 0) is 60.0 Å². The number of carboxylic acid groups (broad SMARTS) is 1. The Hall–Kier alpha value is -3.60. The number of rotatable bonds is 11. The minimum Gasteiger partial charge on any atom is -0.506 e. The fraction of sp³-hybridized carbons (Fsp3) is 0.240. The molecule has 3 rings (SSSR count). The Morgan fingerprint density at radius 3 is 2.17 bits per heavy atom. The topological polar surface area (TPSA) is 145 Å². The van der Waals surface area contributed by atoms with Crippen LogP contribution in [-0.4, -0.2) is 55.2 Å². The third-order valence-corrected chi connectivity index (χ3v) is 5.77. The number of carbonyl (C=O) groups is 1. The van der Waals surface area contributed by atoms with Crippen molar-refractivity contribution in [3.05, 3.63) is 77.9 Å². The molecular weight excluding hydrogens is 472 g/mol. The summed E-state index contributed by atoms with van der Waals surface area (Å²) in [4.78, 5) is 11.0. The summed E-state index contributed by atoms with van der Waals surface area (Å²) in [6.07, 6.45) is 0.0511. The molecule has 9 nitrogen and oxygen atoms in total. The Morgan fingerprint density at radius 1 is 1.00 bits per heavy atom. The van der Waals surface area contributed by atoms with Crippen molar-refractivity contribution in [3.8, 4) is 22.6 Å². The normalized spacial score (nSPS) is 13.1. The summed E-state index contributed by atoms with van der Waals surface area (Å²) in [5.41, 5.74) is 2.51. The van der Waals surface area contributed by atoms with E-state index in [4.69, 9.17) is 9.84 Å². The van der Waals surface area contributed by atoms with Crippen LogP contribution in [0, 0.1) is 0 Å². The number of aliphatic hydroxyl groups is 1. The molecule has 0 aliphatic carbocycles. The molecule has 0 amide bonds. The highest BCUT2D eigenvalue weighted by atomic mass is 32.2. The molecule has 2 atom stereocenters. The lowest BCUT2D eigenvalue weighted by molar-refractivity contribution is 0.0697. The molecule has 0 aliphatic rings. The van der Waals surface area contributed by atoms with E-state index in [1.807, 2.05) is 31.2 Å². The summed E-state index contributed by atoms with van der Waals surface area (Å²) in [5, 5.41) is 32.5. The molecule has 0 heterocycles. The first-order chi connectivity index (χ1) is 16.5. The molecule has 0 saturated heterocycles. The fourth-order valence-electron chi connectivity index (χ4n) is 3.30. The van der Waals surface area contributed by atoms with E-state index < -0.39 is 22.1 Å². The maximum Gasteiger partial charge on any atom is 0.335 e. The van der Waals surface area contributed by atoms with Crippen molar-refractivity contribution in [2.45, 2.75) is 19.1 Å². The van der Waals surface area contributed by atoms with E-state index in [-0.39, 0.29) is 29.6 Å². The monoisotopic (exact) mass is 500 g/mol. The van der Waals surface area contributed by atoms with Gasteiger partial charge >= 0.3 is 5.97 Å². The number of nitrogens with one attached hydrogen (secondary N) is 2. The van der Waals surface area contributed by atoms with Crippen molar-refractivity contribution in [1.29, 1.82) is 0 Å². The SMILES string of the molecule is C[C@H](COc1ccc(-c2ccc(C(=O)O)cc2)cc1)NC[C@H](O)c1ccc(O)c(NS(C)(=O)=O)c1. The predicted molar refractivity (Wildman–Crippen MR) is 133 cm³/mol. The average molecular weight is 501 g/mol. The number of aromatic hydroxyl groups is 1. The molecule has 0 saturated carbocycles. The summed E-state index contributed by atoms with van der Waals surface area (Å²) in [6.45, 7) is 2.44. The number of carboxylic acids is 1. The van der Waals surface area contributed by atoms with Crippen LogP contribution < -0.4 is 14.8 Å². The minimum atomic E-state index is -3.57. The quantitative estimate of drug-likeness (QED) is 0.252. The first kappa shape index (κ1) is 26.0. The highest BCUT2D eigenvalue weighted by molar-refractivity contribution is 7.92. The molecule has 0 unspecified atom stereocenters. The number of sulfonamides is 1. The van der Waals surface area contributed by atoms with Gasteiger partial charge in [0.1, 0.15) is 18.1 Å². The van der Waals surface area contributed by atoms with Gasteiger partial charge in [-0.25, -0.2) is 13.2 Å². The summed E-state index contributed by atoms with van der Waals surface area (Å²) in [6, 6.07) is 18.2. The molecule has 0 aromatic heterocycles. The highest BCUT2D eigenvalue weighted by Gasteiger charge is 2.14. The van der Waals surface area contributed by atoms with Crippen LogP contribution in [-0.2, 0) is 10.0 Å². The first-order valence-corrected chi connectivity index (χ1v) is 12.7. The number of phenolic OH excluding ortho intramolecular Hbond substituents is 1. The largest absolute Gasteiger partial charge is 0.506 e. The first-order valence-electron chi connectivity index (χ1n) is 10.8. The number of aromatic carboxylic acids is 1.